The molecule has 0 unspecified atom stereocenters. The number of hydrogen-bond acceptors (Lipinski definition) is 4. The van der Waals surface area contributed by atoms with E-state index in [-0.39, 0.29) is 11.4 Å². The normalized spacial score (nSPS) is 10.7. The Hall–Kier alpha value is -3.02. The standard InChI is InChI=1S/C15H11N3O3/c1-17-13-8-7-11(18(20)21)9-12(13)14(16-19)15(17)10-5-3-2-4-6-10/h2-9H,1H3. The molecule has 0 saturated carbocycles. The number of hydrogen-bond donors (Lipinski definition) is 0. The highest BCUT2D eigenvalue weighted by Gasteiger charge is 2.19. The van der Waals surface area contributed by atoms with Crippen molar-refractivity contribution in [2.45, 2.75) is 0 Å². The highest BCUT2D eigenvalue weighted by Crippen LogP contribution is 2.40. The zero-order valence-corrected chi connectivity index (χ0v) is 11.2. The van der Waals surface area contributed by atoms with Crippen molar-refractivity contribution in [3.63, 3.8) is 0 Å². The van der Waals surface area contributed by atoms with Crippen LogP contribution < -0.4 is 0 Å². The molecule has 3 rings (SSSR count). The van der Waals surface area contributed by atoms with E-state index in [1.165, 1.54) is 12.1 Å². The third-order valence-electron chi connectivity index (χ3n) is 3.51. The van der Waals surface area contributed by atoms with E-state index in [2.05, 4.69) is 5.18 Å². The number of rotatable bonds is 3. The molecule has 0 aliphatic heterocycles. The molecule has 6 heteroatoms. The first-order valence-corrected chi connectivity index (χ1v) is 6.29. The number of nitrogens with zero attached hydrogens (tertiary/aromatic N) is 3. The molecule has 1 heterocycles. The van der Waals surface area contributed by atoms with Crippen LogP contribution in [0.15, 0.2) is 53.7 Å². The first kappa shape index (κ1) is 13.0. The number of nitro groups is 1. The molecule has 0 aliphatic rings. The van der Waals surface area contributed by atoms with Crippen molar-refractivity contribution in [2.75, 3.05) is 0 Å². The van der Waals surface area contributed by atoms with Gasteiger partial charge in [-0.2, -0.15) is 0 Å². The van der Waals surface area contributed by atoms with E-state index in [1.54, 1.807) is 6.07 Å². The minimum atomic E-state index is -0.483. The number of nitro benzene ring substituents is 1. The molecule has 0 amide bonds. The van der Waals surface area contributed by atoms with Gasteiger partial charge in [0.2, 0.25) is 0 Å². The predicted octanol–water partition coefficient (Wildman–Crippen LogP) is 4.15. The third kappa shape index (κ3) is 1.97. The molecular weight excluding hydrogens is 270 g/mol. The molecule has 0 spiro atoms. The third-order valence-corrected chi connectivity index (χ3v) is 3.51. The second-order valence-corrected chi connectivity index (χ2v) is 4.67. The first-order valence-electron chi connectivity index (χ1n) is 6.29. The highest BCUT2D eigenvalue weighted by molar-refractivity contribution is 6.01. The van der Waals surface area contributed by atoms with Gasteiger partial charge in [-0.25, -0.2) is 0 Å². The zero-order valence-electron chi connectivity index (χ0n) is 11.2. The fraction of sp³-hybridized carbons (Fsp3) is 0.0667. The van der Waals surface area contributed by atoms with Crippen LogP contribution in [0.4, 0.5) is 11.4 Å². The summed E-state index contributed by atoms with van der Waals surface area (Å²) in [5.74, 6) is 0. The van der Waals surface area contributed by atoms with Gasteiger partial charge in [-0.05, 0) is 11.2 Å². The van der Waals surface area contributed by atoms with Crippen molar-refractivity contribution in [2.24, 2.45) is 12.2 Å². The van der Waals surface area contributed by atoms with E-state index < -0.39 is 4.92 Å². The van der Waals surface area contributed by atoms with Gasteiger partial charge in [-0.3, -0.25) is 10.1 Å². The Balaban J connectivity index is 2.38. The lowest BCUT2D eigenvalue weighted by Gasteiger charge is -2.04. The van der Waals surface area contributed by atoms with Gasteiger partial charge in [0.15, 0.2) is 0 Å². The topological polar surface area (TPSA) is 77.5 Å². The molecule has 21 heavy (non-hydrogen) atoms. The summed E-state index contributed by atoms with van der Waals surface area (Å²) >= 11 is 0. The summed E-state index contributed by atoms with van der Waals surface area (Å²) in [5.41, 5.74) is 2.39. The minimum Gasteiger partial charge on any atom is -0.342 e. The molecule has 0 saturated heterocycles. The van der Waals surface area contributed by atoms with Crippen LogP contribution in [0.1, 0.15) is 0 Å². The Morgan fingerprint density at radius 1 is 1.14 bits per heavy atom. The molecule has 0 bridgehead atoms. The van der Waals surface area contributed by atoms with E-state index in [0.717, 1.165) is 11.1 Å². The molecule has 104 valence electrons. The van der Waals surface area contributed by atoms with Crippen molar-refractivity contribution in [1.29, 1.82) is 0 Å². The van der Waals surface area contributed by atoms with Crippen molar-refractivity contribution in [3.05, 3.63) is 63.6 Å². The highest BCUT2D eigenvalue weighted by atomic mass is 16.6. The van der Waals surface area contributed by atoms with Crippen molar-refractivity contribution in [1.82, 2.24) is 4.57 Å². The Labute approximate surface area is 119 Å². The number of non-ortho nitro benzene ring substituents is 1. The Morgan fingerprint density at radius 3 is 2.48 bits per heavy atom. The summed E-state index contributed by atoms with van der Waals surface area (Å²) < 4.78 is 1.82. The summed E-state index contributed by atoms with van der Waals surface area (Å²) in [6, 6.07) is 13.8. The number of fused-ring (bicyclic) bond motifs is 1. The molecule has 6 nitrogen and oxygen atoms in total. The fourth-order valence-corrected chi connectivity index (χ4v) is 2.55. The lowest BCUT2D eigenvalue weighted by molar-refractivity contribution is -0.384. The van der Waals surface area contributed by atoms with Crippen LogP contribution >= 0.6 is 0 Å². The first-order chi connectivity index (χ1) is 10.1. The van der Waals surface area contributed by atoms with E-state index in [4.69, 9.17) is 0 Å². The Bertz CT molecular complexity index is 853. The quantitative estimate of drug-likeness (QED) is 0.411. The molecule has 0 fully saturated rings. The molecule has 0 atom stereocenters. The van der Waals surface area contributed by atoms with Gasteiger partial charge in [0.1, 0.15) is 5.69 Å². The summed E-state index contributed by atoms with van der Waals surface area (Å²) in [5, 5.41) is 14.5. The van der Waals surface area contributed by atoms with Crippen LogP contribution in [0.5, 0.6) is 0 Å². The lowest BCUT2D eigenvalue weighted by atomic mass is 10.1. The summed E-state index contributed by atoms with van der Waals surface area (Å²) in [6.45, 7) is 0. The summed E-state index contributed by atoms with van der Waals surface area (Å²) in [4.78, 5) is 21.7. The van der Waals surface area contributed by atoms with E-state index >= 15 is 0 Å². The second kappa shape index (κ2) is 4.82. The molecule has 0 radical (unpaired) electrons. The van der Waals surface area contributed by atoms with Crippen LogP contribution in [0, 0.1) is 15.0 Å². The van der Waals surface area contributed by atoms with Gasteiger partial charge in [0.05, 0.1) is 16.1 Å². The van der Waals surface area contributed by atoms with Gasteiger partial charge in [-0.15, -0.1) is 4.91 Å². The maximum absolute atomic E-state index is 11.3. The fourth-order valence-electron chi connectivity index (χ4n) is 2.55. The lowest BCUT2D eigenvalue weighted by Crippen LogP contribution is -1.91. The average Bonchev–Trinajstić information content (AvgIpc) is 2.80. The van der Waals surface area contributed by atoms with E-state index in [0.29, 0.717) is 11.1 Å². The number of aromatic nitrogens is 1. The molecule has 2 aromatic carbocycles. The van der Waals surface area contributed by atoms with Crippen molar-refractivity contribution in [3.8, 4) is 11.3 Å². The molecule has 1 aromatic heterocycles. The average molecular weight is 281 g/mol. The van der Waals surface area contributed by atoms with Gasteiger partial charge in [0, 0.05) is 30.1 Å². The van der Waals surface area contributed by atoms with E-state index in [9.17, 15) is 15.0 Å². The number of aryl methyl sites for hydroxylation is 1. The van der Waals surface area contributed by atoms with E-state index in [1.807, 2.05) is 41.9 Å². The minimum absolute atomic E-state index is 0.0578. The molecule has 3 aromatic rings. The number of nitroso groups, excluding NO2 is 1. The van der Waals surface area contributed by atoms with Crippen LogP contribution in [-0.2, 0) is 7.05 Å². The van der Waals surface area contributed by atoms with Gasteiger partial charge in [0.25, 0.3) is 5.69 Å². The smallest absolute Gasteiger partial charge is 0.270 e. The van der Waals surface area contributed by atoms with Crippen molar-refractivity contribution >= 4 is 22.3 Å². The van der Waals surface area contributed by atoms with Gasteiger partial charge < -0.3 is 4.57 Å². The maximum atomic E-state index is 11.3. The monoisotopic (exact) mass is 281 g/mol. The molecular formula is C15H11N3O3. The SMILES string of the molecule is Cn1c(-c2ccccc2)c(N=O)c2cc([N+](=O)[O-])ccc21. The van der Waals surface area contributed by atoms with Gasteiger partial charge in [-0.1, -0.05) is 30.3 Å². The zero-order chi connectivity index (χ0) is 15.0. The van der Waals surface area contributed by atoms with Crippen LogP contribution in [0.2, 0.25) is 0 Å². The molecule has 0 N–H and O–H groups in total. The van der Waals surface area contributed by atoms with Gasteiger partial charge >= 0.3 is 0 Å². The summed E-state index contributed by atoms with van der Waals surface area (Å²) in [6.07, 6.45) is 0. The Morgan fingerprint density at radius 2 is 1.86 bits per heavy atom. The summed E-state index contributed by atoms with van der Waals surface area (Å²) in [7, 11) is 1.81. The van der Waals surface area contributed by atoms with Crippen molar-refractivity contribution < 1.29 is 4.92 Å². The van der Waals surface area contributed by atoms with Crippen LogP contribution in [0.25, 0.3) is 22.2 Å². The van der Waals surface area contributed by atoms with Crippen LogP contribution in [0.3, 0.4) is 0 Å². The largest absolute Gasteiger partial charge is 0.342 e. The predicted molar refractivity (Wildman–Crippen MR) is 80.5 cm³/mol. The maximum Gasteiger partial charge on any atom is 0.270 e. The van der Waals surface area contributed by atoms with Crippen LogP contribution in [-0.4, -0.2) is 9.49 Å². The second-order valence-electron chi connectivity index (χ2n) is 4.67. The molecule has 0 aliphatic carbocycles. The number of benzene rings is 2. The Kier molecular flexibility index (Phi) is 2.98.